The van der Waals surface area contributed by atoms with E-state index in [4.69, 9.17) is 5.11 Å². The summed E-state index contributed by atoms with van der Waals surface area (Å²) < 4.78 is 0. The van der Waals surface area contributed by atoms with Gasteiger partial charge in [-0.25, -0.2) is 0 Å². The minimum absolute atomic E-state index is 0.292. The predicted molar refractivity (Wildman–Crippen MR) is 48.1 cm³/mol. The lowest BCUT2D eigenvalue weighted by Crippen LogP contribution is -1.90. The van der Waals surface area contributed by atoms with Gasteiger partial charge in [0.2, 0.25) is 0 Å². The van der Waals surface area contributed by atoms with Crippen molar-refractivity contribution in [2.45, 2.75) is 46.5 Å². The van der Waals surface area contributed by atoms with Crippen molar-refractivity contribution in [1.82, 2.24) is 0 Å². The summed E-state index contributed by atoms with van der Waals surface area (Å²) in [7, 11) is 0. The van der Waals surface area contributed by atoms with Gasteiger partial charge >= 0.3 is 5.97 Å². The average Bonchev–Trinajstić information content (AvgIpc) is 2.04. The number of hydrogen-bond donors (Lipinski definition) is 1. The highest BCUT2D eigenvalue weighted by molar-refractivity contribution is 5.77. The number of carboxylic acid groups (broad SMARTS) is 1. The molecular formula is C9H18O3. The van der Waals surface area contributed by atoms with Crippen molar-refractivity contribution in [2.75, 3.05) is 0 Å². The van der Waals surface area contributed by atoms with Gasteiger partial charge in [0.05, 0.1) is 0 Å². The quantitative estimate of drug-likeness (QED) is 0.711. The number of carbonyl (C=O) groups excluding carboxylic acids is 1. The Balaban J connectivity index is 0. The Morgan fingerprint density at radius 3 is 1.50 bits per heavy atom. The zero-order chi connectivity index (χ0) is 9.98. The summed E-state index contributed by atoms with van der Waals surface area (Å²) in [5.41, 5.74) is 0. The highest BCUT2D eigenvalue weighted by Gasteiger charge is 1.87. The van der Waals surface area contributed by atoms with Gasteiger partial charge in [0, 0.05) is 19.3 Å². The fourth-order valence-corrected chi connectivity index (χ4v) is 0.464. The molecule has 0 spiro atoms. The van der Waals surface area contributed by atoms with E-state index in [1.54, 1.807) is 0 Å². The molecule has 0 rings (SSSR count). The van der Waals surface area contributed by atoms with Crippen LogP contribution in [0.15, 0.2) is 0 Å². The van der Waals surface area contributed by atoms with Crippen molar-refractivity contribution in [3.05, 3.63) is 0 Å². The van der Waals surface area contributed by atoms with Gasteiger partial charge in [-0.2, -0.15) is 0 Å². The second-order valence-electron chi connectivity index (χ2n) is 2.39. The van der Waals surface area contributed by atoms with Crippen LogP contribution in [0.1, 0.15) is 46.5 Å². The van der Waals surface area contributed by atoms with Crippen molar-refractivity contribution < 1.29 is 14.7 Å². The topological polar surface area (TPSA) is 54.4 Å². The summed E-state index contributed by atoms with van der Waals surface area (Å²) in [5.74, 6) is -0.368. The molecule has 0 amide bonds. The van der Waals surface area contributed by atoms with E-state index in [-0.39, 0.29) is 0 Å². The van der Waals surface area contributed by atoms with Crippen LogP contribution in [0.3, 0.4) is 0 Å². The lowest BCUT2D eigenvalue weighted by Gasteiger charge is -1.81. The van der Waals surface area contributed by atoms with E-state index in [1.807, 2.05) is 20.8 Å². The molecule has 3 nitrogen and oxygen atoms in total. The maximum absolute atomic E-state index is 10.2. The standard InChI is InChI=1S/C5H10O.C4H8O2/c1-3-5(6)4-2;1-2-3-4(5)6/h3-4H2,1-2H3;2-3H2,1H3,(H,5,6). The van der Waals surface area contributed by atoms with E-state index in [0.29, 0.717) is 25.0 Å². The Kier molecular flexibility index (Phi) is 11.6. The second-order valence-corrected chi connectivity index (χ2v) is 2.39. The molecular weight excluding hydrogens is 156 g/mol. The average molecular weight is 174 g/mol. The van der Waals surface area contributed by atoms with Crippen LogP contribution in [-0.2, 0) is 9.59 Å². The van der Waals surface area contributed by atoms with Gasteiger partial charge in [0.25, 0.3) is 0 Å². The molecule has 0 aliphatic heterocycles. The molecule has 0 fully saturated rings. The van der Waals surface area contributed by atoms with E-state index < -0.39 is 5.97 Å². The van der Waals surface area contributed by atoms with Gasteiger partial charge in [-0.15, -0.1) is 0 Å². The van der Waals surface area contributed by atoms with E-state index in [1.165, 1.54) is 0 Å². The van der Waals surface area contributed by atoms with E-state index in [0.717, 1.165) is 6.42 Å². The summed E-state index contributed by atoms with van der Waals surface area (Å²) in [6.07, 6.45) is 2.41. The third kappa shape index (κ3) is 16.1. The molecule has 0 aromatic rings. The summed E-state index contributed by atoms with van der Waals surface area (Å²) in [6.45, 7) is 5.60. The molecule has 3 heteroatoms. The van der Waals surface area contributed by atoms with Crippen LogP contribution < -0.4 is 0 Å². The van der Waals surface area contributed by atoms with Crippen LogP contribution in [-0.4, -0.2) is 16.9 Å². The van der Waals surface area contributed by atoms with E-state index >= 15 is 0 Å². The van der Waals surface area contributed by atoms with Gasteiger partial charge in [-0.05, 0) is 6.42 Å². The van der Waals surface area contributed by atoms with Gasteiger partial charge in [0.1, 0.15) is 5.78 Å². The van der Waals surface area contributed by atoms with Crippen LogP contribution in [0.4, 0.5) is 0 Å². The summed E-state index contributed by atoms with van der Waals surface area (Å²) in [6, 6.07) is 0. The first-order valence-corrected chi connectivity index (χ1v) is 4.31. The fourth-order valence-electron chi connectivity index (χ4n) is 0.464. The molecule has 0 aliphatic carbocycles. The molecule has 0 bridgehead atoms. The Bertz CT molecular complexity index is 124. The van der Waals surface area contributed by atoms with Crippen LogP contribution in [0.25, 0.3) is 0 Å². The van der Waals surface area contributed by atoms with Crippen LogP contribution in [0.5, 0.6) is 0 Å². The number of ketones is 1. The minimum atomic E-state index is -0.711. The number of carbonyl (C=O) groups is 2. The van der Waals surface area contributed by atoms with E-state index in [2.05, 4.69) is 0 Å². The fraction of sp³-hybridized carbons (Fsp3) is 0.778. The van der Waals surface area contributed by atoms with Crippen molar-refractivity contribution in [3.8, 4) is 0 Å². The summed E-state index contributed by atoms with van der Waals surface area (Å²) >= 11 is 0. The molecule has 0 saturated heterocycles. The third-order valence-electron chi connectivity index (χ3n) is 1.25. The summed E-state index contributed by atoms with van der Waals surface area (Å²) in [5, 5.41) is 7.91. The minimum Gasteiger partial charge on any atom is -0.481 e. The molecule has 0 atom stereocenters. The van der Waals surface area contributed by atoms with Gasteiger partial charge in [-0.3, -0.25) is 9.59 Å². The molecule has 0 unspecified atom stereocenters. The number of carboxylic acids is 1. The zero-order valence-corrected chi connectivity index (χ0v) is 8.09. The highest BCUT2D eigenvalue weighted by Crippen LogP contribution is 1.83. The Hall–Kier alpha value is -0.860. The monoisotopic (exact) mass is 174 g/mol. The second kappa shape index (κ2) is 10.1. The Morgan fingerprint density at radius 1 is 1.08 bits per heavy atom. The van der Waals surface area contributed by atoms with Gasteiger partial charge in [0.15, 0.2) is 0 Å². The first kappa shape index (κ1) is 13.7. The number of rotatable bonds is 4. The molecule has 0 aromatic heterocycles. The maximum Gasteiger partial charge on any atom is 0.303 e. The largest absolute Gasteiger partial charge is 0.481 e. The first-order chi connectivity index (χ1) is 5.58. The third-order valence-corrected chi connectivity index (χ3v) is 1.25. The molecule has 0 heterocycles. The molecule has 0 radical (unpaired) electrons. The molecule has 0 aromatic carbocycles. The van der Waals surface area contributed by atoms with Crippen LogP contribution in [0.2, 0.25) is 0 Å². The molecule has 1 N–H and O–H groups in total. The Morgan fingerprint density at radius 2 is 1.50 bits per heavy atom. The zero-order valence-electron chi connectivity index (χ0n) is 8.09. The molecule has 72 valence electrons. The first-order valence-electron chi connectivity index (χ1n) is 4.31. The van der Waals surface area contributed by atoms with Gasteiger partial charge in [-0.1, -0.05) is 20.8 Å². The predicted octanol–water partition coefficient (Wildman–Crippen LogP) is 2.25. The molecule has 0 aliphatic rings. The van der Waals surface area contributed by atoms with Crippen molar-refractivity contribution >= 4 is 11.8 Å². The lowest BCUT2D eigenvalue weighted by atomic mass is 10.3. The number of Topliss-reactive ketones (excluding diaryl/α,β-unsaturated/α-hetero) is 1. The SMILES string of the molecule is CCC(=O)CC.CCCC(=O)O. The highest BCUT2D eigenvalue weighted by atomic mass is 16.4. The number of hydrogen-bond acceptors (Lipinski definition) is 2. The normalized spacial score (nSPS) is 8.25. The Labute approximate surface area is 73.8 Å². The van der Waals surface area contributed by atoms with Crippen molar-refractivity contribution in [1.29, 1.82) is 0 Å². The molecule has 12 heavy (non-hydrogen) atoms. The van der Waals surface area contributed by atoms with Crippen molar-refractivity contribution in [3.63, 3.8) is 0 Å². The smallest absolute Gasteiger partial charge is 0.303 e. The van der Waals surface area contributed by atoms with E-state index in [9.17, 15) is 9.59 Å². The van der Waals surface area contributed by atoms with Crippen LogP contribution in [0, 0.1) is 0 Å². The van der Waals surface area contributed by atoms with Gasteiger partial charge < -0.3 is 5.11 Å². The van der Waals surface area contributed by atoms with Crippen LogP contribution >= 0.6 is 0 Å². The number of aliphatic carboxylic acids is 1. The maximum atomic E-state index is 10.2. The van der Waals surface area contributed by atoms with Crippen molar-refractivity contribution in [2.24, 2.45) is 0 Å². The molecule has 0 saturated carbocycles. The lowest BCUT2D eigenvalue weighted by molar-refractivity contribution is -0.137. The summed E-state index contributed by atoms with van der Waals surface area (Å²) in [4.78, 5) is 19.8.